The number of carbonyl (C=O) groups is 2. The first-order valence-electron chi connectivity index (χ1n) is 3.92. The number of aromatic carboxylic acids is 1. The molecular weight excluding hydrogens is 204 g/mol. The molecule has 0 aromatic heterocycles. The van der Waals surface area contributed by atoms with Gasteiger partial charge in [-0.05, 0) is 12.1 Å². The van der Waals surface area contributed by atoms with Crippen LogP contribution in [-0.4, -0.2) is 22.3 Å². The van der Waals surface area contributed by atoms with Crippen molar-refractivity contribution in [3.8, 4) is 11.5 Å². The molecule has 0 aliphatic heterocycles. The van der Waals surface area contributed by atoms with Gasteiger partial charge in [-0.2, -0.15) is 0 Å². The minimum Gasteiger partial charge on any atom is -0.478 e. The molecular formula is C9H8O6. The van der Waals surface area contributed by atoms with Crippen molar-refractivity contribution in [1.29, 1.82) is 0 Å². The average Bonchev–Trinajstić information content (AvgIpc) is 2.16. The van der Waals surface area contributed by atoms with Crippen LogP contribution in [0.1, 0.15) is 17.3 Å². The second kappa shape index (κ2) is 4.43. The van der Waals surface area contributed by atoms with Gasteiger partial charge in [-0.1, -0.05) is 6.07 Å². The Balaban J connectivity index is 3.26. The number of hydrogen-bond donors (Lipinski definition) is 2. The average molecular weight is 212 g/mol. The van der Waals surface area contributed by atoms with Gasteiger partial charge in [0.1, 0.15) is 5.56 Å². The van der Waals surface area contributed by atoms with E-state index in [2.05, 4.69) is 9.62 Å². The number of carboxylic acid groups (broad SMARTS) is 1. The van der Waals surface area contributed by atoms with E-state index in [1.807, 2.05) is 0 Å². The monoisotopic (exact) mass is 212 g/mol. The molecule has 80 valence electrons. The molecule has 0 spiro atoms. The molecule has 0 saturated heterocycles. The summed E-state index contributed by atoms with van der Waals surface area (Å²) in [5.74, 6) is -2.54. The lowest BCUT2D eigenvalue weighted by Gasteiger charge is -2.08. The summed E-state index contributed by atoms with van der Waals surface area (Å²) in [6.07, 6.45) is 0. The summed E-state index contributed by atoms with van der Waals surface area (Å²) < 4.78 is 4.62. The first-order chi connectivity index (χ1) is 7.06. The summed E-state index contributed by atoms with van der Waals surface area (Å²) >= 11 is 0. The highest BCUT2D eigenvalue weighted by atomic mass is 17.1. The van der Waals surface area contributed by atoms with Crippen LogP contribution in [0.25, 0.3) is 0 Å². The predicted molar refractivity (Wildman–Crippen MR) is 48.0 cm³/mol. The molecule has 15 heavy (non-hydrogen) atoms. The Morgan fingerprint density at radius 3 is 2.47 bits per heavy atom. The van der Waals surface area contributed by atoms with Crippen LogP contribution in [0.3, 0.4) is 0 Å². The van der Waals surface area contributed by atoms with Crippen LogP contribution in [0.4, 0.5) is 0 Å². The van der Waals surface area contributed by atoms with Crippen molar-refractivity contribution in [1.82, 2.24) is 0 Å². The molecule has 0 fully saturated rings. The van der Waals surface area contributed by atoms with Crippen molar-refractivity contribution in [3.63, 3.8) is 0 Å². The molecule has 2 N–H and O–H groups in total. The summed E-state index contributed by atoms with van der Waals surface area (Å²) in [6, 6.07) is 3.84. The minimum atomic E-state index is -1.29. The van der Waals surface area contributed by atoms with Crippen molar-refractivity contribution in [2.24, 2.45) is 0 Å². The lowest BCUT2D eigenvalue weighted by Crippen LogP contribution is -2.08. The number of esters is 1. The molecule has 1 aromatic carbocycles. The molecule has 1 rings (SSSR count). The third-order valence-corrected chi connectivity index (χ3v) is 1.55. The standard InChI is InChI=1S/C9H8O6/c1-5(10)14-8-6(9(11)12)3-2-4-7(8)15-13/h2-4,13H,1H3,(H,11,12). The molecule has 0 saturated carbocycles. The molecule has 0 radical (unpaired) electrons. The molecule has 0 heterocycles. The third-order valence-electron chi connectivity index (χ3n) is 1.55. The minimum absolute atomic E-state index is 0.231. The van der Waals surface area contributed by atoms with Gasteiger partial charge in [0.25, 0.3) is 0 Å². The maximum atomic E-state index is 10.7. The summed E-state index contributed by atoms with van der Waals surface area (Å²) in [5, 5.41) is 17.2. The van der Waals surface area contributed by atoms with Gasteiger partial charge in [0.15, 0.2) is 5.75 Å². The van der Waals surface area contributed by atoms with E-state index in [9.17, 15) is 9.59 Å². The van der Waals surface area contributed by atoms with Crippen LogP contribution < -0.4 is 9.62 Å². The maximum Gasteiger partial charge on any atom is 0.339 e. The van der Waals surface area contributed by atoms with E-state index < -0.39 is 11.9 Å². The first kappa shape index (κ1) is 11.0. The molecule has 0 amide bonds. The fourth-order valence-electron chi connectivity index (χ4n) is 1.01. The summed E-state index contributed by atoms with van der Waals surface area (Å²) in [4.78, 5) is 25.3. The normalized spacial score (nSPS) is 9.47. The first-order valence-corrected chi connectivity index (χ1v) is 3.92. The van der Waals surface area contributed by atoms with Gasteiger partial charge >= 0.3 is 11.9 Å². The molecule has 0 unspecified atom stereocenters. The van der Waals surface area contributed by atoms with E-state index in [-0.39, 0.29) is 17.1 Å². The van der Waals surface area contributed by atoms with Crippen molar-refractivity contribution in [2.45, 2.75) is 6.92 Å². The zero-order valence-corrected chi connectivity index (χ0v) is 7.76. The van der Waals surface area contributed by atoms with Gasteiger partial charge in [0.05, 0.1) is 0 Å². The molecule has 1 aromatic rings. The highest BCUT2D eigenvalue weighted by molar-refractivity contribution is 5.93. The van der Waals surface area contributed by atoms with Crippen LogP contribution in [0, 0.1) is 0 Å². The van der Waals surface area contributed by atoms with Crippen molar-refractivity contribution in [3.05, 3.63) is 23.8 Å². The quantitative estimate of drug-likeness (QED) is 0.338. The Labute approximate surface area is 84.6 Å². The van der Waals surface area contributed by atoms with Crippen molar-refractivity contribution in [2.75, 3.05) is 0 Å². The number of carboxylic acids is 1. The van der Waals surface area contributed by atoms with E-state index in [1.54, 1.807) is 0 Å². The van der Waals surface area contributed by atoms with Crippen LogP contribution >= 0.6 is 0 Å². The highest BCUT2D eigenvalue weighted by Gasteiger charge is 2.18. The van der Waals surface area contributed by atoms with Gasteiger partial charge in [-0.15, -0.1) is 0 Å². The van der Waals surface area contributed by atoms with Gasteiger partial charge in [0, 0.05) is 6.92 Å². The summed E-state index contributed by atoms with van der Waals surface area (Å²) in [5.41, 5.74) is -0.267. The largest absolute Gasteiger partial charge is 0.478 e. The number of carbonyl (C=O) groups excluding carboxylic acids is 1. The lowest BCUT2D eigenvalue weighted by molar-refractivity contribution is -0.142. The molecule has 0 atom stereocenters. The third kappa shape index (κ3) is 2.44. The Bertz CT molecular complexity index is 398. The molecule has 6 nitrogen and oxygen atoms in total. The van der Waals surface area contributed by atoms with Crippen LogP contribution in [0.5, 0.6) is 11.5 Å². The number of benzene rings is 1. The van der Waals surface area contributed by atoms with Gasteiger partial charge < -0.3 is 14.7 Å². The Hall–Kier alpha value is -2.08. The SMILES string of the molecule is CC(=O)Oc1c(OO)cccc1C(=O)O. The zero-order chi connectivity index (χ0) is 11.4. The number of hydrogen-bond acceptors (Lipinski definition) is 5. The topological polar surface area (TPSA) is 93.1 Å². The van der Waals surface area contributed by atoms with Crippen molar-refractivity contribution >= 4 is 11.9 Å². The van der Waals surface area contributed by atoms with E-state index >= 15 is 0 Å². The van der Waals surface area contributed by atoms with E-state index in [0.29, 0.717) is 0 Å². The number of para-hydroxylation sites is 1. The fourth-order valence-corrected chi connectivity index (χ4v) is 1.01. The van der Waals surface area contributed by atoms with Gasteiger partial charge in [0.2, 0.25) is 5.75 Å². The van der Waals surface area contributed by atoms with Crippen LogP contribution in [0.2, 0.25) is 0 Å². The lowest BCUT2D eigenvalue weighted by atomic mass is 10.2. The van der Waals surface area contributed by atoms with E-state index in [4.69, 9.17) is 10.4 Å². The van der Waals surface area contributed by atoms with Crippen LogP contribution in [-0.2, 0) is 4.79 Å². The van der Waals surface area contributed by atoms with E-state index in [1.165, 1.54) is 18.2 Å². The molecule has 0 aliphatic carbocycles. The predicted octanol–water partition coefficient (Wildman–Crippen LogP) is 1.16. The molecule has 0 aliphatic rings. The second-order valence-electron chi connectivity index (χ2n) is 2.62. The van der Waals surface area contributed by atoms with Crippen LogP contribution in [0.15, 0.2) is 18.2 Å². The zero-order valence-electron chi connectivity index (χ0n) is 7.76. The Morgan fingerprint density at radius 2 is 2.00 bits per heavy atom. The van der Waals surface area contributed by atoms with E-state index in [0.717, 1.165) is 6.92 Å². The second-order valence-corrected chi connectivity index (χ2v) is 2.62. The smallest absolute Gasteiger partial charge is 0.339 e. The Morgan fingerprint density at radius 1 is 1.33 bits per heavy atom. The molecule has 6 heteroatoms. The van der Waals surface area contributed by atoms with Gasteiger partial charge in [-0.3, -0.25) is 4.79 Å². The number of ether oxygens (including phenoxy) is 1. The fraction of sp³-hybridized carbons (Fsp3) is 0.111. The summed E-state index contributed by atoms with van der Waals surface area (Å²) in [6.45, 7) is 1.11. The highest BCUT2D eigenvalue weighted by Crippen LogP contribution is 2.30. The Kier molecular flexibility index (Phi) is 3.25. The van der Waals surface area contributed by atoms with Gasteiger partial charge in [-0.25, -0.2) is 10.1 Å². The molecule has 0 bridgehead atoms. The maximum absolute atomic E-state index is 10.7. The summed E-state index contributed by atoms with van der Waals surface area (Å²) in [7, 11) is 0. The number of rotatable bonds is 3. The van der Waals surface area contributed by atoms with Crippen molar-refractivity contribution < 1.29 is 29.6 Å².